The minimum Gasteiger partial charge on any atom is -0.107 e. The van der Waals surface area contributed by atoms with Crippen LogP contribution >= 0.6 is 0 Å². The Morgan fingerprint density at radius 2 is 1.56 bits per heavy atom. The van der Waals surface area contributed by atoms with Gasteiger partial charge in [0.1, 0.15) is 0 Å². The van der Waals surface area contributed by atoms with Gasteiger partial charge in [-0.3, -0.25) is 0 Å². The van der Waals surface area contributed by atoms with Gasteiger partial charge in [0.15, 0.2) is 7.28 Å². The molecule has 0 radical (unpaired) electrons. The van der Waals surface area contributed by atoms with Crippen LogP contribution in [0.4, 0.5) is 0 Å². The molecule has 0 heterocycles. The molecule has 0 aromatic heterocycles. The van der Waals surface area contributed by atoms with Gasteiger partial charge in [-0.2, -0.15) is 0 Å². The van der Waals surface area contributed by atoms with Gasteiger partial charge in [-0.15, -0.1) is 5.47 Å². The van der Waals surface area contributed by atoms with Crippen molar-refractivity contribution in [1.82, 2.24) is 0 Å². The molecule has 16 heavy (non-hydrogen) atoms. The van der Waals surface area contributed by atoms with Crippen molar-refractivity contribution >= 4 is 7.28 Å². The maximum Gasteiger partial charge on any atom is 0.152 e. The molecule has 0 bridgehead atoms. The highest BCUT2D eigenvalue weighted by atomic mass is 14.3. The highest BCUT2D eigenvalue weighted by molar-refractivity contribution is 6.45. The predicted molar refractivity (Wildman–Crippen MR) is 76.4 cm³/mol. The standard InChI is InChI=1S/C15H29B/c1-12-9-7-8-10-13(12)16-11-15(5,6)14(2,3)4/h16H,7-11H2,1-6H3. The van der Waals surface area contributed by atoms with Gasteiger partial charge < -0.3 is 0 Å². The fraction of sp³-hybridized carbons (Fsp3) is 0.867. The molecule has 0 amide bonds. The van der Waals surface area contributed by atoms with E-state index in [0.717, 1.165) is 0 Å². The highest BCUT2D eigenvalue weighted by Crippen LogP contribution is 2.41. The first-order valence-corrected chi connectivity index (χ1v) is 6.91. The van der Waals surface area contributed by atoms with Crippen molar-refractivity contribution in [3.8, 4) is 0 Å². The van der Waals surface area contributed by atoms with Crippen LogP contribution in [0.5, 0.6) is 0 Å². The maximum absolute atomic E-state index is 2.42. The Morgan fingerprint density at radius 3 is 2.06 bits per heavy atom. The van der Waals surface area contributed by atoms with E-state index in [1.54, 1.807) is 11.0 Å². The molecular formula is C15H29B. The molecule has 0 unspecified atom stereocenters. The second-order valence-corrected chi connectivity index (χ2v) is 7.22. The van der Waals surface area contributed by atoms with E-state index in [1.807, 2.05) is 0 Å². The molecule has 1 aliphatic carbocycles. The summed E-state index contributed by atoms with van der Waals surface area (Å²) in [6.07, 6.45) is 6.89. The van der Waals surface area contributed by atoms with Crippen molar-refractivity contribution in [3.05, 3.63) is 11.0 Å². The van der Waals surface area contributed by atoms with Crippen molar-refractivity contribution in [3.63, 3.8) is 0 Å². The SMILES string of the molecule is CC1=C(BCC(C)(C)C(C)(C)C)CCCC1. The molecule has 1 heteroatoms. The molecule has 0 N–H and O–H groups in total. The van der Waals surface area contributed by atoms with Gasteiger partial charge in [0.25, 0.3) is 0 Å². The second kappa shape index (κ2) is 4.98. The molecular weight excluding hydrogens is 191 g/mol. The lowest BCUT2D eigenvalue weighted by molar-refractivity contribution is 0.156. The van der Waals surface area contributed by atoms with Gasteiger partial charge in [-0.1, -0.05) is 52.9 Å². The van der Waals surface area contributed by atoms with E-state index in [4.69, 9.17) is 0 Å². The monoisotopic (exact) mass is 220 g/mol. The van der Waals surface area contributed by atoms with Crippen LogP contribution < -0.4 is 0 Å². The van der Waals surface area contributed by atoms with Crippen LogP contribution in [0, 0.1) is 10.8 Å². The van der Waals surface area contributed by atoms with E-state index >= 15 is 0 Å². The summed E-state index contributed by atoms with van der Waals surface area (Å²) in [5.74, 6) is 0. The molecule has 92 valence electrons. The van der Waals surface area contributed by atoms with Gasteiger partial charge in [0.05, 0.1) is 0 Å². The molecule has 0 aromatic rings. The molecule has 0 saturated heterocycles. The number of hydrogen-bond acceptors (Lipinski definition) is 0. The summed E-state index contributed by atoms with van der Waals surface area (Å²) in [6, 6.07) is 0. The smallest absolute Gasteiger partial charge is 0.107 e. The predicted octanol–water partition coefficient (Wildman–Crippen LogP) is 4.76. The summed E-state index contributed by atoms with van der Waals surface area (Å²) in [6.45, 7) is 14.3. The van der Waals surface area contributed by atoms with Gasteiger partial charge >= 0.3 is 0 Å². The Labute approximate surface area is 103 Å². The number of allylic oxidation sites excluding steroid dienone is 2. The van der Waals surface area contributed by atoms with Crippen LogP contribution in [-0.4, -0.2) is 7.28 Å². The average Bonchev–Trinajstić information content (AvgIpc) is 2.15. The lowest BCUT2D eigenvalue weighted by atomic mass is 9.51. The number of rotatable bonds is 3. The van der Waals surface area contributed by atoms with Gasteiger partial charge in [0.2, 0.25) is 0 Å². The molecule has 0 atom stereocenters. The summed E-state index contributed by atoms with van der Waals surface area (Å²) in [7, 11) is 1.33. The zero-order valence-corrected chi connectivity index (χ0v) is 12.2. The Kier molecular flexibility index (Phi) is 4.32. The Hall–Kier alpha value is -0.195. The van der Waals surface area contributed by atoms with E-state index in [0.29, 0.717) is 10.8 Å². The first-order valence-electron chi connectivity index (χ1n) is 6.91. The van der Waals surface area contributed by atoms with Crippen LogP contribution in [0.1, 0.15) is 67.2 Å². The van der Waals surface area contributed by atoms with E-state index < -0.39 is 0 Å². The zero-order chi connectivity index (χ0) is 12.4. The van der Waals surface area contributed by atoms with E-state index in [-0.39, 0.29) is 0 Å². The molecule has 1 aliphatic rings. The minimum absolute atomic E-state index is 0.413. The Balaban J connectivity index is 2.57. The van der Waals surface area contributed by atoms with Gasteiger partial charge in [-0.25, -0.2) is 0 Å². The third-order valence-corrected chi connectivity index (χ3v) is 4.97. The fourth-order valence-electron chi connectivity index (χ4n) is 2.30. The average molecular weight is 220 g/mol. The van der Waals surface area contributed by atoms with E-state index in [2.05, 4.69) is 41.5 Å². The van der Waals surface area contributed by atoms with E-state index in [1.165, 1.54) is 39.3 Å². The third-order valence-electron chi connectivity index (χ3n) is 4.97. The molecule has 0 nitrogen and oxygen atoms in total. The van der Waals surface area contributed by atoms with Crippen LogP contribution in [0.15, 0.2) is 11.0 Å². The van der Waals surface area contributed by atoms with Crippen molar-refractivity contribution in [2.75, 3.05) is 0 Å². The first-order chi connectivity index (χ1) is 7.24. The van der Waals surface area contributed by atoms with Crippen molar-refractivity contribution in [1.29, 1.82) is 0 Å². The summed E-state index contributed by atoms with van der Waals surface area (Å²) in [5, 5.41) is 0. The van der Waals surface area contributed by atoms with Crippen LogP contribution in [0.2, 0.25) is 6.32 Å². The molecule has 0 spiro atoms. The molecule has 1 rings (SSSR count). The molecule has 0 saturated carbocycles. The van der Waals surface area contributed by atoms with Crippen molar-refractivity contribution in [2.24, 2.45) is 10.8 Å². The first kappa shape index (κ1) is 13.9. The van der Waals surface area contributed by atoms with Gasteiger partial charge in [0, 0.05) is 0 Å². The largest absolute Gasteiger partial charge is 0.152 e. The summed E-state index contributed by atoms with van der Waals surface area (Å²) >= 11 is 0. The topological polar surface area (TPSA) is 0 Å². The second-order valence-electron chi connectivity index (χ2n) is 7.22. The van der Waals surface area contributed by atoms with Crippen molar-refractivity contribution in [2.45, 2.75) is 73.5 Å². The van der Waals surface area contributed by atoms with Crippen LogP contribution in [-0.2, 0) is 0 Å². The summed E-state index contributed by atoms with van der Waals surface area (Å²) in [5.41, 5.74) is 4.31. The zero-order valence-electron chi connectivity index (χ0n) is 12.2. The Bertz CT molecular complexity index is 266. The normalized spacial score (nSPS) is 18.9. The fourth-order valence-corrected chi connectivity index (χ4v) is 2.30. The van der Waals surface area contributed by atoms with Crippen LogP contribution in [0.3, 0.4) is 0 Å². The highest BCUT2D eigenvalue weighted by Gasteiger charge is 2.32. The van der Waals surface area contributed by atoms with Crippen LogP contribution in [0.25, 0.3) is 0 Å². The Morgan fingerprint density at radius 1 is 1.00 bits per heavy atom. The number of hydrogen-bond donors (Lipinski definition) is 0. The summed E-state index contributed by atoms with van der Waals surface area (Å²) in [4.78, 5) is 0. The lowest BCUT2D eigenvalue weighted by Gasteiger charge is -2.39. The minimum atomic E-state index is 0.413. The lowest BCUT2D eigenvalue weighted by Crippen LogP contribution is -2.31. The third kappa shape index (κ3) is 3.40. The molecule has 0 fully saturated rings. The quantitative estimate of drug-likeness (QED) is 0.601. The molecule has 0 aliphatic heterocycles. The van der Waals surface area contributed by atoms with Crippen molar-refractivity contribution < 1.29 is 0 Å². The van der Waals surface area contributed by atoms with Gasteiger partial charge in [-0.05, 0) is 37.0 Å². The molecule has 0 aromatic carbocycles. The summed E-state index contributed by atoms with van der Waals surface area (Å²) < 4.78 is 0. The maximum atomic E-state index is 2.42. The van der Waals surface area contributed by atoms with E-state index in [9.17, 15) is 0 Å².